The quantitative estimate of drug-likeness (QED) is 0.812. The number of anilines is 2. The number of thiocarbonyl (C=S) groups is 1. The predicted molar refractivity (Wildman–Crippen MR) is 90.9 cm³/mol. The highest BCUT2D eigenvalue weighted by Gasteiger charge is 2.03. The Bertz CT molecular complexity index is 615. The van der Waals surface area contributed by atoms with Crippen LogP contribution in [0, 0.1) is 6.92 Å². The van der Waals surface area contributed by atoms with Gasteiger partial charge in [-0.3, -0.25) is 0 Å². The minimum absolute atomic E-state index is 0.440. The van der Waals surface area contributed by atoms with Gasteiger partial charge in [0.25, 0.3) is 0 Å². The van der Waals surface area contributed by atoms with Gasteiger partial charge in [0.1, 0.15) is 4.99 Å². The first-order valence-electron chi connectivity index (χ1n) is 6.75. The minimum Gasteiger partial charge on any atom is -0.389 e. The zero-order valence-corrected chi connectivity index (χ0v) is 12.9. The Morgan fingerprint density at radius 2 is 1.65 bits per heavy atom. The third-order valence-electron chi connectivity index (χ3n) is 3.36. The SMILES string of the molecule is Cc1cc(Nc2ccc(C(C)C)cc2)ccc1C(N)=S. The molecule has 0 saturated heterocycles. The Hall–Kier alpha value is -1.87. The molecule has 0 fully saturated rings. The van der Waals surface area contributed by atoms with Crippen molar-refractivity contribution < 1.29 is 0 Å². The van der Waals surface area contributed by atoms with E-state index >= 15 is 0 Å². The topological polar surface area (TPSA) is 38.0 Å². The lowest BCUT2D eigenvalue weighted by atomic mass is 10.0. The Morgan fingerprint density at radius 3 is 2.15 bits per heavy atom. The number of nitrogens with one attached hydrogen (secondary N) is 1. The van der Waals surface area contributed by atoms with Gasteiger partial charge in [-0.15, -0.1) is 0 Å². The second-order valence-corrected chi connectivity index (χ2v) is 5.74. The largest absolute Gasteiger partial charge is 0.389 e. The fourth-order valence-corrected chi connectivity index (χ4v) is 2.36. The predicted octanol–water partition coefficient (Wildman–Crippen LogP) is 4.50. The van der Waals surface area contributed by atoms with Crippen molar-refractivity contribution in [2.75, 3.05) is 5.32 Å². The molecular formula is C17H20N2S. The lowest BCUT2D eigenvalue weighted by molar-refractivity contribution is 0.867. The van der Waals surface area contributed by atoms with Gasteiger partial charge >= 0.3 is 0 Å². The lowest BCUT2D eigenvalue weighted by Crippen LogP contribution is -2.11. The van der Waals surface area contributed by atoms with Gasteiger partial charge in [0, 0.05) is 16.9 Å². The summed E-state index contributed by atoms with van der Waals surface area (Å²) in [4.78, 5) is 0.440. The summed E-state index contributed by atoms with van der Waals surface area (Å²) in [5.41, 5.74) is 11.2. The molecule has 0 spiro atoms. The average molecular weight is 284 g/mol. The van der Waals surface area contributed by atoms with Crippen LogP contribution in [-0.4, -0.2) is 4.99 Å². The molecule has 3 heteroatoms. The molecule has 0 aromatic heterocycles. The van der Waals surface area contributed by atoms with E-state index in [9.17, 15) is 0 Å². The van der Waals surface area contributed by atoms with Crippen LogP contribution in [0.2, 0.25) is 0 Å². The Labute approximate surface area is 126 Å². The number of aryl methyl sites for hydroxylation is 1. The average Bonchev–Trinajstić information content (AvgIpc) is 2.39. The van der Waals surface area contributed by atoms with E-state index in [1.165, 1.54) is 5.56 Å². The summed E-state index contributed by atoms with van der Waals surface area (Å²) >= 11 is 5.02. The van der Waals surface area contributed by atoms with Crippen molar-refractivity contribution in [3.63, 3.8) is 0 Å². The van der Waals surface area contributed by atoms with E-state index in [1.807, 2.05) is 19.1 Å². The van der Waals surface area contributed by atoms with Gasteiger partial charge in [0.2, 0.25) is 0 Å². The molecule has 0 amide bonds. The van der Waals surface area contributed by atoms with Crippen LogP contribution in [0.4, 0.5) is 11.4 Å². The second kappa shape index (κ2) is 6.06. The number of rotatable bonds is 4. The fourth-order valence-electron chi connectivity index (χ4n) is 2.14. The first kappa shape index (κ1) is 14.5. The van der Waals surface area contributed by atoms with Crippen LogP contribution >= 0.6 is 12.2 Å². The monoisotopic (exact) mass is 284 g/mol. The van der Waals surface area contributed by atoms with E-state index in [0.717, 1.165) is 22.5 Å². The molecule has 0 bridgehead atoms. The van der Waals surface area contributed by atoms with E-state index in [-0.39, 0.29) is 0 Å². The number of benzene rings is 2. The molecule has 2 aromatic carbocycles. The van der Waals surface area contributed by atoms with Gasteiger partial charge in [0.15, 0.2) is 0 Å². The second-order valence-electron chi connectivity index (χ2n) is 5.30. The normalized spacial score (nSPS) is 10.6. The molecule has 0 unspecified atom stereocenters. The molecule has 0 aliphatic rings. The van der Waals surface area contributed by atoms with Gasteiger partial charge in [-0.1, -0.05) is 38.2 Å². The third kappa shape index (κ3) is 3.36. The molecule has 20 heavy (non-hydrogen) atoms. The van der Waals surface area contributed by atoms with Crippen molar-refractivity contribution in [1.29, 1.82) is 0 Å². The van der Waals surface area contributed by atoms with E-state index in [1.54, 1.807) is 0 Å². The first-order valence-corrected chi connectivity index (χ1v) is 7.15. The summed E-state index contributed by atoms with van der Waals surface area (Å²) in [5.74, 6) is 0.552. The van der Waals surface area contributed by atoms with E-state index in [2.05, 4.69) is 49.5 Å². The van der Waals surface area contributed by atoms with Crippen molar-refractivity contribution in [2.45, 2.75) is 26.7 Å². The molecule has 0 aliphatic carbocycles. The van der Waals surface area contributed by atoms with Crippen molar-refractivity contribution in [3.8, 4) is 0 Å². The molecule has 0 radical (unpaired) electrons. The van der Waals surface area contributed by atoms with Crippen LogP contribution in [0.5, 0.6) is 0 Å². The molecule has 2 nitrogen and oxygen atoms in total. The summed E-state index contributed by atoms with van der Waals surface area (Å²) in [6, 6.07) is 14.5. The van der Waals surface area contributed by atoms with Gasteiger partial charge < -0.3 is 11.1 Å². The van der Waals surface area contributed by atoms with Crippen molar-refractivity contribution >= 4 is 28.6 Å². The van der Waals surface area contributed by atoms with Crippen LogP contribution in [-0.2, 0) is 0 Å². The maximum absolute atomic E-state index is 5.67. The molecule has 2 rings (SSSR count). The summed E-state index contributed by atoms with van der Waals surface area (Å²) in [6.45, 7) is 6.40. The molecule has 2 aromatic rings. The molecule has 0 aliphatic heterocycles. The maximum Gasteiger partial charge on any atom is 0.104 e. The van der Waals surface area contributed by atoms with Crippen LogP contribution in [0.25, 0.3) is 0 Å². The smallest absolute Gasteiger partial charge is 0.104 e. The number of nitrogens with two attached hydrogens (primary N) is 1. The Morgan fingerprint density at radius 1 is 1.05 bits per heavy atom. The van der Waals surface area contributed by atoms with E-state index in [4.69, 9.17) is 18.0 Å². The summed E-state index contributed by atoms with van der Waals surface area (Å²) in [5, 5.41) is 3.39. The highest BCUT2D eigenvalue weighted by atomic mass is 32.1. The maximum atomic E-state index is 5.67. The van der Waals surface area contributed by atoms with Crippen molar-refractivity contribution in [1.82, 2.24) is 0 Å². The van der Waals surface area contributed by atoms with Gasteiger partial charge in [0.05, 0.1) is 0 Å². The van der Waals surface area contributed by atoms with Gasteiger partial charge in [-0.25, -0.2) is 0 Å². The zero-order chi connectivity index (χ0) is 14.7. The van der Waals surface area contributed by atoms with Crippen molar-refractivity contribution in [3.05, 3.63) is 59.2 Å². The molecule has 104 valence electrons. The number of hydrogen-bond acceptors (Lipinski definition) is 2. The minimum atomic E-state index is 0.440. The highest BCUT2D eigenvalue weighted by molar-refractivity contribution is 7.80. The fraction of sp³-hybridized carbons (Fsp3) is 0.235. The summed E-state index contributed by atoms with van der Waals surface area (Å²) in [7, 11) is 0. The van der Waals surface area contributed by atoms with Crippen molar-refractivity contribution in [2.24, 2.45) is 5.73 Å². The third-order valence-corrected chi connectivity index (χ3v) is 3.58. The summed E-state index contributed by atoms with van der Waals surface area (Å²) < 4.78 is 0. The van der Waals surface area contributed by atoms with Crippen LogP contribution in [0.1, 0.15) is 36.5 Å². The van der Waals surface area contributed by atoms with Gasteiger partial charge in [-0.2, -0.15) is 0 Å². The first-order chi connectivity index (χ1) is 9.47. The Balaban J connectivity index is 2.17. The molecular weight excluding hydrogens is 264 g/mol. The van der Waals surface area contributed by atoms with Gasteiger partial charge in [-0.05, 0) is 54.3 Å². The highest BCUT2D eigenvalue weighted by Crippen LogP contribution is 2.22. The standard InChI is InChI=1S/C17H20N2S/c1-11(2)13-4-6-14(7-5-13)19-15-8-9-16(17(18)20)12(3)10-15/h4-11,19H,1-3H3,(H2,18,20). The Kier molecular flexibility index (Phi) is 4.40. The molecule has 0 saturated carbocycles. The van der Waals surface area contributed by atoms with Crippen LogP contribution in [0.15, 0.2) is 42.5 Å². The summed E-state index contributed by atoms with van der Waals surface area (Å²) in [6.07, 6.45) is 0. The zero-order valence-electron chi connectivity index (χ0n) is 12.1. The molecule has 0 heterocycles. The number of hydrogen-bond donors (Lipinski definition) is 2. The molecule has 3 N–H and O–H groups in total. The van der Waals surface area contributed by atoms with Crippen LogP contribution < -0.4 is 11.1 Å². The van der Waals surface area contributed by atoms with E-state index in [0.29, 0.717) is 10.9 Å². The molecule has 0 atom stereocenters. The van der Waals surface area contributed by atoms with Crippen LogP contribution in [0.3, 0.4) is 0 Å². The van der Waals surface area contributed by atoms with E-state index < -0.39 is 0 Å². The lowest BCUT2D eigenvalue weighted by Gasteiger charge is -2.11.